The van der Waals surface area contributed by atoms with Crippen LogP contribution in [0.15, 0.2) is 42.7 Å². The summed E-state index contributed by atoms with van der Waals surface area (Å²) in [5.74, 6) is 0.945. The number of benzene rings is 1. The molecule has 1 unspecified atom stereocenters. The fourth-order valence-corrected chi connectivity index (χ4v) is 2.10. The summed E-state index contributed by atoms with van der Waals surface area (Å²) in [5, 5.41) is 3.53. The zero-order chi connectivity index (χ0) is 13.0. The Morgan fingerprint density at radius 3 is 2.56 bits per heavy atom. The van der Waals surface area contributed by atoms with Crippen LogP contribution in [-0.4, -0.2) is 9.55 Å². The predicted octanol–water partition coefficient (Wildman–Crippen LogP) is 4.03. The molecule has 0 aliphatic heterocycles. The Morgan fingerprint density at radius 2 is 1.94 bits per heavy atom. The summed E-state index contributed by atoms with van der Waals surface area (Å²) < 4.78 is 2.16. The van der Waals surface area contributed by atoms with Crippen LogP contribution in [0.3, 0.4) is 0 Å². The van der Waals surface area contributed by atoms with Crippen molar-refractivity contribution in [3.05, 3.63) is 48.3 Å². The second-order valence-corrected chi connectivity index (χ2v) is 4.77. The fraction of sp³-hybridized carbons (Fsp3) is 0.400. The minimum absolute atomic E-state index is 0.311. The topological polar surface area (TPSA) is 29.9 Å². The first-order valence-electron chi connectivity index (χ1n) is 6.56. The van der Waals surface area contributed by atoms with E-state index in [9.17, 15) is 0 Å². The van der Waals surface area contributed by atoms with Crippen molar-refractivity contribution < 1.29 is 0 Å². The minimum Gasteiger partial charge on any atom is -0.349 e. The Balaban J connectivity index is 2.18. The zero-order valence-electron chi connectivity index (χ0n) is 11.3. The predicted molar refractivity (Wildman–Crippen MR) is 75.7 cm³/mol. The van der Waals surface area contributed by atoms with Crippen LogP contribution in [0.1, 0.15) is 44.8 Å². The molecule has 0 spiro atoms. The summed E-state index contributed by atoms with van der Waals surface area (Å²) in [6.45, 7) is 6.51. The van der Waals surface area contributed by atoms with Crippen molar-refractivity contribution in [1.29, 1.82) is 0 Å². The molecule has 0 bridgehead atoms. The molecule has 3 nitrogen and oxygen atoms in total. The molecule has 0 saturated carbocycles. The van der Waals surface area contributed by atoms with Crippen LogP contribution in [0, 0.1) is 0 Å². The maximum Gasteiger partial charge on any atom is 0.203 e. The summed E-state index contributed by atoms with van der Waals surface area (Å²) in [4.78, 5) is 4.40. The lowest BCUT2D eigenvalue weighted by molar-refractivity contribution is 0.595. The molecule has 1 atom stereocenters. The number of aromatic nitrogens is 2. The molecule has 0 amide bonds. The maximum atomic E-state index is 4.40. The normalized spacial score (nSPS) is 12.7. The van der Waals surface area contributed by atoms with Gasteiger partial charge in [0, 0.05) is 18.4 Å². The molecule has 0 fully saturated rings. The summed E-state index contributed by atoms with van der Waals surface area (Å²) in [5.41, 5.74) is 1.30. The monoisotopic (exact) mass is 243 g/mol. The van der Waals surface area contributed by atoms with Gasteiger partial charge in [-0.15, -0.1) is 0 Å². The second kappa shape index (κ2) is 5.71. The van der Waals surface area contributed by atoms with Crippen LogP contribution in [0.5, 0.6) is 0 Å². The summed E-state index contributed by atoms with van der Waals surface area (Å²) in [6.07, 6.45) is 4.90. The van der Waals surface area contributed by atoms with E-state index in [4.69, 9.17) is 0 Å². The highest BCUT2D eigenvalue weighted by molar-refractivity contribution is 5.33. The molecule has 0 aliphatic rings. The summed E-state index contributed by atoms with van der Waals surface area (Å²) in [6, 6.07) is 11.2. The van der Waals surface area contributed by atoms with Crippen LogP contribution in [0.25, 0.3) is 0 Å². The van der Waals surface area contributed by atoms with Gasteiger partial charge in [-0.1, -0.05) is 37.3 Å². The maximum absolute atomic E-state index is 4.40. The Kier molecular flexibility index (Phi) is 4.03. The lowest BCUT2D eigenvalue weighted by Gasteiger charge is -2.20. The Morgan fingerprint density at radius 1 is 1.22 bits per heavy atom. The average molecular weight is 243 g/mol. The SMILES string of the molecule is CCC(Nc1nccn1C(C)C)c1ccccc1. The quantitative estimate of drug-likeness (QED) is 0.859. The highest BCUT2D eigenvalue weighted by Gasteiger charge is 2.12. The molecule has 2 aromatic rings. The lowest BCUT2D eigenvalue weighted by atomic mass is 10.1. The highest BCUT2D eigenvalue weighted by atomic mass is 15.2. The molecule has 18 heavy (non-hydrogen) atoms. The van der Waals surface area contributed by atoms with E-state index in [1.165, 1.54) is 5.56 Å². The van der Waals surface area contributed by atoms with Crippen LogP contribution in [-0.2, 0) is 0 Å². The molecule has 1 heterocycles. The first kappa shape index (κ1) is 12.7. The van der Waals surface area contributed by atoms with E-state index in [-0.39, 0.29) is 0 Å². The smallest absolute Gasteiger partial charge is 0.203 e. The van der Waals surface area contributed by atoms with Gasteiger partial charge in [0.25, 0.3) is 0 Å². The minimum atomic E-state index is 0.311. The number of rotatable bonds is 5. The molecule has 0 saturated heterocycles. The molecule has 96 valence electrons. The molecular formula is C15H21N3. The number of hydrogen-bond acceptors (Lipinski definition) is 2. The molecule has 0 radical (unpaired) electrons. The zero-order valence-corrected chi connectivity index (χ0v) is 11.3. The number of anilines is 1. The van der Waals surface area contributed by atoms with Crippen molar-refractivity contribution in [2.24, 2.45) is 0 Å². The van der Waals surface area contributed by atoms with Gasteiger partial charge in [-0.2, -0.15) is 0 Å². The van der Waals surface area contributed by atoms with E-state index in [2.05, 4.69) is 59.9 Å². The van der Waals surface area contributed by atoms with E-state index in [1.54, 1.807) is 0 Å². The van der Waals surface area contributed by atoms with Crippen molar-refractivity contribution in [1.82, 2.24) is 9.55 Å². The Hall–Kier alpha value is -1.77. The van der Waals surface area contributed by atoms with Gasteiger partial charge < -0.3 is 9.88 Å². The van der Waals surface area contributed by atoms with Gasteiger partial charge in [0.1, 0.15) is 0 Å². The van der Waals surface area contributed by atoms with Gasteiger partial charge in [-0.3, -0.25) is 0 Å². The number of nitrogens with one attached hydrogen (secondary N) is 1. The van der Waals surface area contributed by atoms with Gasteiger partial charge in [0.15, 0.2) is 0 Å². The fourth-order valence-electron chi connectivity index (χ4n) is 2.10. The van der Waals surface area contributed by atoms with Crippen molar-refractivity contribution >= 4 is 5.95 Å². The van der Waals surface area contributed by atoms with E-state index in [1.807, 2.05) is 18.5 Å². The first-order valence-corrected chi connectivity index (χ1v) is 6.56. The van der Waals surface area contributed by atoms with E-state index < -0.39 is 0 Å². The van der Waals surface area contributed by atoms with Crippen LogP contribution < -0.4 is 5.32 Å². The van der Waals surface area contributed by atoms with Crippen LogP contribution >= 0.6 is 0 Å². The standard InChI is InChI=1S/C15H21N3/c1-4-14(13-8-6-5-7-9-13)17-15-16-10-11-18(15)12(2)3/h5-12,14H,4H2,1-3H3,(H,16,17). The van der Waals surface area contributed by atoms with Gasteiger partial charge in [-0.05, 0) is 25.8 Å². The average Bonchev–Trinajstić information content (AvgIpc) is 2.85. The molecule has 1 N–H and O–H groups in total. The van der Waals surface area contributed by atoms with Gasteiger partial charge in [-0.25, -0.2) is 4.98 Å². The third-order valence-electron chi connectivity index (χ3n) is 3.14. The van der Waals surface area contributed by atoms with Crippen molar-refractivity contribution in [2.75, 3.05) is 5.32 Å². The Labute approximate surface area is 109 Å². The van der Waals surface area contributed by atoms with E-state index in [0.29, 0.717) is 12.1 Å². The highest BCUT2D eigenvalue weighted by Crippen LogP contribution is 2.22. The van der Waals surface area contributed by atoms with Gasteiger partial charge >= 0.3 is 0 Å². The van der Waals surface area contributed by atoms with Crippen molar-refractivity contribution in [3.63, 3.8) is 0 Å². The summed E-state index contributed by atoms with van der Waals surface area (Å²) in [7, 11) is 0. The van der Waals surface area contributed by atoms with Crippen LogP contribution in [0.4, 0.5) is 5.95 Å². The third kappa shape index (κ3) is 2.73. The number of imidazole rings is 1. The summed E-state index contributed by atoms with van der Waals surface area (Å²) >= 11 is 0. The molecule has 1 aromatic heterocycles. The molecule has 2 rings (SSSR count). The van der Waals surface area contributed by atoms with E-state index in [0.717, 1.165) is 12.4 Å². The third-order valence-corrected chi connectivity index (χ3v) is 3.14. The van der Waals surface area contributed by atoms with Gasteiger partial charge in [0.2, 0.25) is 5.95 Å². The van der Waals surface area contributed by atoms with Crippen LogP contribution in [0.2, 0.25) is 0 Å². The van der Waals surface area contributed by atoms with Crippen molar-refractivity contribution in [2.45, 2.75) is 39.3 Å². The van der Waals surface area contributed by atoms with Gasteiger partial charge in [0.05, 0.1) is 6.04 Å². The molecule has 0 aliphatic carbocycles. The molecular weight excluding hydrogens is 222 g/mol. The first-order chi connectivity index (χ1) is 8.72. The molecule has 1 aromatic carbocycles. The largest absolute Gasteiger partial charge is 0.349 e. The second-order valence-electron chi connectivity index (χ2n) is 4.77. The van der Waals surface area contributed by atoms with Crippen molar-refractivity contribution in [3.8, 4) is 0 Å². The Bertz CT molecular complexity index is 473. The lowest BCUT2D eigenvalue weighted by Crippen LogP contribution is -2.14. The van der Waals surface area contributed by atoms with E-state index >= 15 is 0 Å². The molecule has 3 heteroatoms. The number of nitrogens with zero attached hydrogens (tertiary/aromatic N) is 2. The number of hydrogen-bond donors (Lipinski definition) is 1.